The molecule has 0 bridgehead atoms. The highest BCUT2D eigenvalue weighted by Gasteiger charge is 2.39. The Morgan fingerprint density at radius 1 is 1.53 bits per heavy atom. The Morgan fingerprint density at radius 2 is 2.20 bits per heavy atom. The van der Waals surface area contributed by atoms with E-state index in [1.165, 1.54) is 18.4 Å². The summed E-state index contributed by atoms with van der Waals surface area (Å²) in [6.07, 6.45) is -2.97. The van der Waals surface area contributed by atoms with Gasteiger partial charge in [0, 0.05) is 6.08 Å². The van der Waals surface area contributed by atoms with E-state index in [0.717, 1.165) is 7.11 Å². The van der Waals surface area contributed by atoms with Gasteiger partial charge in [-0.1, -0.05) is 0 Å². The molecule has 82 valence electrons. The van der Waals surface area contributed by atoms with Crippen LogP contribution in [0.2, 0.25) is 0 Å². The fraction of sp³-hybridized carbons (Fsp3) is 0.222. The van der Waals surface area contributed by atoms with Crippen LogP contribution >= 0.6 is 0 Å². The van der Waals surface area contributed by atoms with Gasteiger partial charge in [-0.2, -0.15) is 13.2 Å². The summed E-state index contributed by atoms with van der Waals surface area (Å²) >= 11 is 0. The largest absolute Gasteiger partial charge is 0.465 e. The van der Waals surface area contributed by atoms with E-state index in [-0.39, 0.29) is 5.76 Å². The van der Waals surface area contributed by atoms with Gasteiger partial charge in [0.25, 0.3) is 0 Å². The molecule has 0 aromatic carbocycles. The van der Waals surface area contributed by atoms with Gasteiger partial charge in [0.2, 0.25) is 0 Å². The van der Waals surface area contributed by atoms with E-state index in [1.807, 2.05) is 0 Å². The number of carbonyl (C=O) groups excluding carboxylic acids is 1. The summed E-state index contributed by atoms with van der Waals surface area (Å²) in [5, 5.41) is 0. The van der Waals surface area contributed by atoms with Crippen LogP contribution in [0.25, 0.3) is 6.08 Å². The van der Waals surface area contributed by atoms with Gasteiger partial charge in [-0.3, -0.25) is 0 Å². The van der Waals surface area contributed by atoms with Crippen molar-refractivity contribution in [1.29, 1.82) is 0 Å². The van der Waals surface area contributed by atoms with Gasteiger partial charge in [0.1, 0.15) is 11.3 Å². The molecule has 0 unspecified atom stereocenters. The molecule has 0 fully saturated rings. The Hall–Kier alpha value is -1.72. The van der Waals surface area contributed by atoms with Crippen molar-refractivity contribution in [1.82, 2.24) is 0 Å². The van der Waals surface area contributed by atoms with Crippen molar-refractivity contribution in [2.24, 2.45) is 0 Å². The minimum Gasteiger partial charge on any atom is -0.465 e. The summed E-state index contributed by atoms with van der Waals surface area (Å²) in [6.45, 7) is 0. The van der Waals surface area contributed by atoms with Crippen LogP contribution in [0.3, 0.4) is 0 Å². The monoisotopic (exact) mass is 220 g/mol. The van der Waals surface area contributed by atoms with E-state index in [1.54, 1.807) is 0 Å². The van der Waals surface area contributed by atoms with Gasteiger partial charge in [-0.05, 0) is 12.1 Å². The van der Waals surface area contributed by atoms with Crippen LogP contribution in [-0.2, 0) is 9.53 Å². The Bertz CT molecular complexity index is 362. The van der Waals surface area contributed by atoms with Crippen LogP contribution in [0.15, 0.2) is 28.4 Å². The van der Waals surface area contributed by atoms with E-state index < -0.39 is 17.7 Å². The van der Waals surface area contributed by atoms with Crippen molar-refractivity contribution in [2.45, 2.75) is 6.18 Å². The van der Waals surface area contributed by atoms with Gasteiger partial charge in [-0.25, -0.2) is 4.79 Å². The lowest BCUT2D eigenvalue weighted by atomic mass is 10.2. The molecule has 0 aliphatic heterocycles. The van der Waals surface area contributed by atoms with Gasteiger partial charge >= 0.3 is 12.1 Å². The number of esters is 1. The lowest BCUT2D eigenvalue weighted by Crippen LogP contribution is -2.20. The molecule has 1 aromatic rings. The molecule has 0 aliphatic rings. The number of furan rings is 1. The van der Waals surface area contributed by atoms with Gasteiger partial charge < -0.3 is 9.15 Å². The second-order valence-electron chi connectivity index (χ2n) is 2.56. The Kier molecular flexibility index (Phi) is 3.18. The predicted molar refractivity (Wildman–Crippen MR) is 44.8 cm³/mol. The molecule has 0 saturated carbocycles. The van der Waals surface area contributed by atoms with Crippen molar-refractivity contribution < 1.29 is 27.1 Å². The van der Waals surface area contributed by atoms with Crippen molar-refractivity contribution in [3.05, 3.63) is 29.7 Å². The van der Waals surface area contributed by atoms with E-state index in [0.29, 0.717) is 6.08 Å². The van der Waals surface area contributed by atoms with E-state index >= 15 is 0 Å². The molecule has 15 heavy (non-hydrogen) atoms. The molecule has 0 spiro atoms. The first-order valence-corrected chi connectivity index (χ1v) is 3.86. The van der Waals surface area contributed by atoms with Crippen molar-refractivity contribution in [2.75, 3.05) is 7.11 Å². The molecule has 1 rings (SSSR count). The molecule has 1 heterocycles. The minimum atomic E-state index is -4.76. The second-order valence-corrected chi connectivity index (χ2v) is 2.56. The molecular formula is C9H7F3O3. The molecule has 0 radical (unpaired) electrons. The first-order chi connectivity index (χ1) is 6.95. The number of methoxy groups -OCH3 is 1. The van der Waals surface area contributed by atoms with Gasteiger partial charge in [0.05, 0.1) is 13.4 Å². The summed E-state index contributed by atoms with van der Waals surface area (Å²) in [5.74, 6) is -1.51. The Morgan fingerprint density at radius 3 is 2.60 bits per heavy atom. The molecule has 3 nitrogen and oxygen atoms in total. The third kappa shape index (κ3) is 2.87. The van der Waals surface area contributed by atoms with E-state index in [9.17, 15) is 18.0 Å². The van der Waals surface area contributed by atoms with E-state index in [2.05, 4.69) is 9.15 Å². The maximum atomic E-state index is 12.3. The quantitative estimate of drug-likeness (QED) is 0.567. The van der Waals surface area contributed by atoms with Gasteiger partial charge in [0.15, 0.2) is 0 Å². The maximum Gasteiger partial charge on any atom is 0.423 e. The van der Waals surface area contributed by atoms with Crippen LogP contribution in [0, 0.1) is 0 Å². The summed E-state index contributed by atoms with van der Waals surface area (Å²) in [4.78, 5) is 10.8. The van der Waals surface area contributed by atoms with Crippen molar-refractivity contribution >= 4 is 12.0 Å². The lowest BCUT2D eigenvalue weighted by Gasteiger charge is -2.08. The second kappa shape index (κ2) is 4.20. The average molecular weight is 220 g/mol. The fourth-order valence-corrected chi connectivity index (χ4v) is 0.882. The molecule has 0 saturated heterocycles. The number of halogens is 3. The number of rotatable bonds is 2. The fourth-order valence-electron chi connectivity index (χ4n) is 0.882. The minimum absolute atomic E-state index is 0.0623. The number of carbonyl (C=O) groups is 1. The number of alkyl halides is 3. The summed E-state index contributed by atoms with van der Waals surface area (Å²) in [5.41, 5.74) is -1.40. The number of ether oxygens (including phenoxy) is 1. The van der Waals surface area contributed by atoms with E-state index in [4.69, 9.17) is 0 Å². The highest BCUT2D eigenvalue weighted by molar-refractivity contribution is 5.94. The summed E-state index contributed by atoms with van der Waals surface area (Å²) < 4.78 is 45.7. The average Bonchev–Trinajstić information content (AvgIpc) is 2.63. The zero-order valence-corrected chi connectivity index (χ0v) is 7.67. The number of hydrogen-bond donors (Lipinski definition) is 0. The van der Waals surface area contributed by atoms with Crippen LogP contribution < -0.4 is 0 Å². The Labute approximate surface area is 83.1 Å². The lowest BCUT2D eigenvalue weighted by molar-refractivity contribution is -0.147. The Balaban J connectivity index is 3.07. The van der Waals surface area contributed by atoms with Crippen LogP contribution in [0.4, 0.5) is 13.2 Å². The first-order valence-electron chi connectivity index (χ1n) is 3.86. The normalized spacial score (nSPS) is 12.7. The molecule has 0 aliphatic carbocycles. The molecule has 0 N–H and O–H groups in total. The smallest absolute Gasteiger partial charge is 0.423 e. The number of hydrogen-bond acceptors (Lipinski definition) is 3. The van der Waals surface area contributed by atoms with Gasteiger partial charge in [-0.15, -0.1) is 0 Å². The summed E-state index contributed by atoms with van der Waals surface area (Å²) in [7, 11) is 0.879. The molecule has 0 atom stereocenters. The van der Waals surface area contributed by atoms with Crippen molar-refractivity contribution in [3.8, 4) is 0 Å². The standard InChI is InChI=1S/C9H7F3O3/c1-14-8(13)7(9(10,11)12)5-6-3-2-4-15-6/h2-5H,1H3/b7-5+. The zero-order chi connectivity index (χ0) is 11.5. The van der Waals surface area contributed by atoms with Crippen LogP contribution in [0.5, 0.6) is 0 Å². The third-order valence-corrected chi connectivity index (χ3v) is 1.54. The summed E-state index contributed by atoms with van der Waals surface area (Å²) in [6, 6.07) is 2.71. The maximum absolute atomic E-state index is 12.3. The first kappa shape index (κ1) is 11.4. The topological polar surface area (TPSA) is 39.4 Å². The van der Waals surface area contributed by atoms with Crippen LogP contribution in [-0.4, -0.2) is 19.3 Å². The van der Waals surface area contributed by atoms with Crippen molar-refractivity contribution in [3.63, 3.8) is 0 Å². The molecular weight excluding hydrogens is 213 g/mol. The molecule has 0 amide bonds. The highest BCUT2D eigenvalue weighted by Crippen LogP contribution is 2.28. The SMILES string of the molecule is COC(=O)/C(=C\c1ccco1)C(F)(F)F. The molecule has 1 aromatic heterocycles. The van der Waals surface area contributed by atoms with Crippen LogP contribution in [0.1, 0.15) is 5.76 Å². The zero-order valence-electron chi connectivity index (χ0n) is 7.67. The third-order valence-electron chi connectivity index (χ3n) is 1.54. The highest BCUT2D eigenvalue weighted by atomic mass is 19.4. The molecule has 6 heteroatoms. The predicted octanol–water partition coefficient (Wildman–Crippen LogP) is 2.40.